The summed E-state index contributed by atoms with van der Waals surface area (Å²) in [7, 11) is 0. The summed E-state index contributed by atoms with van der Waals surface area (Å²) in [5.74, 6) is 0. The number of nitrogens with zero attached hydrogens (tertiary/aromatic N) is 1. The lowest BCUT2D eigenvalue weighted by molar-refractivity contribution is 0.103. The SMILES string of the molecule is [C-]#[N+]C(N[C@@H](CO)c1ccccc1)C1(C)CCC1. The van der Waals surface area contributed by atoms with Crippen molar-refractivity contribution in [2.75, 3.05) is 6.61 Å². The molecule has 0 radical (unpaired) electrons. The first-order valence-electron chi connectivity index (χ1n) is 6.48. The van der Waals surface area contributed by atoms with E-state index in [2.05, 4.69) is 17.1 Å². The van der Waals surface area contributed by atoms with Crippen LogP contribution in [0.5, 0.6) is 0 Å². The van der Waals surface area contributed by atoms with E-state index < -0.39 is 0 Å². The zero-order valence-corrected chi connectivity index (χ0v) is 10.8. The van der Waals surface area contributed by atoms with E-state index >= 15 is 0 Å². The minimum Gasteiger partial charge on any atom is -0.394 e. The first-order valence-corrected chi connectivity index (χ1v) is 6.48. The second-order valence-electron chi connectivity index (χ2n) is 5.35. The minimum absolute atomic E-state index is 0.0200. The molecule has 2 rings (SSSR count). The Labute approximate surface area is 109 Å². The van der Waals surface area contributed by atoms with Crippen molar-refractivity contribution >= 4 is 0 Å². The highest BCUT2D eigenvalue weighted by molar-refractivity contribution is 5.19. The Balaban J connectivity index is 2.08. The Morgan fingerprint density at radius 2 is 2.06 bits per heavy atom. The summed E-state index contributed by atoms with van der Waals surface area (Å²) in [6.07, 6.45) is 3.20. The summed E-state index contributed by atoms with van der Waals surface area (Å²) in [5, 5.41) is 12.8. The molecule has 3 nitrogen and oxygen atoms in total. The maximum absolute atomic E-state index is 9.51. The lowest BCUT2D eigenvalue weighted by Crippen LogP contribution is -2.47. The summed E-state index contributed by atoms with van der Waals surface area (Å²) in [4.78, 5) is 3.72. The van der Waals surface area contributed by atoms with Gasteiger partial charge in [0, 0.05) is 0 Å². The molecule has 18 heavy (non-hydrogen) atoms. The molecule has 1 aliphatic rings. The molecule has 1 aromatic carbocycles. The quantitative estimate of drug-likeness (QED) is 0.781. The molecule has 0 amide bonds. The Morgan fingerprint density at radius 1 is 1.39 bits per heavy atom. The van der Waals surface area contributed by atoms with Crippen LogP contribution in [0.25, 0.3) is 4.85 Å². The van der Waals surface area contributed by atoms with Gasteiger partial charge in [-0.1, -0.05) is 43.7 Å². The average molecular weight is 244 g/mol. The highest BCUT2D eigenvalue weighted by atomic mass is 16.3. The fourth-order valence-electron chi connectivity index (χ4n) is 2.53. The normalized spacial score (nSPS) is 20.5. The van der Waals surface area contributed by atoms with E-state index in [4.69, 9.17) is 6.57 Å². The number of hydrogen-bond donors (Lipinski definition) is 2. The van der Waals surface area contributed by atoms with E-state index in [0.29, 0.717) is 0 Å². The lowest BCUT2D eigenvalue weighted by Gasteiger charge is -2.39. The Hall–Kier alpha value is -1.37. The molecule has 3 heteroatoms. The molecule has 1 aliphatic carbocycles. The van der Waals surface area contributed by atoms with Crippen LogP contribution in [0, 0.1) is 12.0 Å². The molecule has 0 aromatic heterocycles. The van der Waals surface area contributed by atoms with Gasteiger partial charge >= 0.3 is 0 Å². The van der Waals surface area contributed by atoms with Crippen molar-refractivity contribution in [3.8, 4) is 0 Å². The van der Waals surface area contributed by atoms with Crippen molar-refractivity contribution in [2.45, 2.75) is 38.4 Å². The monoisotopic (exact) mass is 244 g/mol. The van der Waals surface area contributed by atoms with E-state index in [1.165, 1.54) is 6.42 Å². The predicted octanol–water partition coefficient (Wildman–Crippen LogP) is 2.75. The van der Waals surface area contributed by atoms with E-state index in [9.17, 15) is 5.11 Å². The maximum atomic E-state index is 9.51. The highest BCUT2D eigenvalue weighted by Crippen LogP contribution is 2.44. The third-order valence-corrected chi connectivity index (χ3v) is 4.03. The smallest absolute Gasteiger partial charge is 0.283 e. The van der Waals surface area contributed by atoms with Crippen LogP contribution in [0.4, 0.5) is 0 Å². The van der Waals surface area contributed by atoms with Gasteiger partial charge in [-0.2, -0.15) is 0 Å². The third kappa shape index (κ3) is 2.55. The zero-order valence-electron chi connectivity index (χ0n) is 10.8. The van der Waals surface area contributed by atoms with Crippen molar-refractivity contribution in [2.24, 2.45) is 5.41 Å². The molecule has 2 N–H and O–H groups in total. The van der Waals surface area contributed by atoms with Gasteiger partial charge in [-0.3, -0.25) is 4.85 Å². The van der Waals surface area contributed by atoms with Crippen molar-refractivity contribution in [3.63, 3.8) is 0 Å². The molecule has 0 spiro atoms. The van der Waals surface area contributed by atoms with Gasteiger partial charge in [0.2, 0.25) is 0 Å². The van der Waals surface area contributed by atoms with Crippen LogP contribution in [0.15, 0.2) is 30.3 Å². The fourth-order valence-corrected chi connectivity index (χ4v) is 2.53. The minimum atomic E-state index is -0.205. The van der Waals surface area contributed by atoms with Gasteiger partial charge in [0.25, 0.3) is 6.17 Å². The molecule has 1 saturated carbocycles. The van der Waals surface area contributed by atoms with Crippen LogP contribution in [-0.4, -0.2) is 17.9 Å². The molecule has 1 fully saturated rings. The van der Waals surface area contributed by atoms with Gasteiger partial charge in [0.05, 0.1) is 18.1 Å². The van der Waals surface area contributed by atoms with Crippen LogP contribution < -0.4 is 5.32 Å². The molecular weight excluding hydrogens is 224 g/mol. The number of hydrogen-bond acceptors (Lipinski definition) is 2. The van der Waals surface area contributed by atoms with E-state index in [1.54, 1.807) is 0 Å². The molecule has 0 aliphatic heterocycles. The summed E-state index contributed by atoms with van der Waals surface area (Å²) in [6, 6.07) is 9.69. The molecular formula is C15H20N2O. The highest BCUT2D eigenvalue weighted by Gasteiger charge is 2.45. The molecule has 1 aromatic rings. The number of aliphatic hydroxyl groups is 1. The first-order chi connectivity index (χ1) is 8.69. The Kier molecular flexibility index (Phi) is 4.00. The predicted molar refractivity (Wildman–Crippen MR) is 71.8 cm³/mol. The van der Waals surface area contributed by atoms with Crippen LogP contribution in [-0.2, 0) is 0 Å². The van der Waals surface area contributed by atoms with Crippen molar-refractivity contribution in [3.05, 3.63) is 47.3 Å². The van der Waals surface area contributed by atoms with Crippen LogP contribution >= 0.6 is 0 Å². The van der Waals surface area contributed by atoms with Crippen LogP contribution in [0.2, 0.25) is 0 Å². The number of nitrogens with one attached hydrogen (secondary N) is 1. The van der Waals surface area contributed by atoms with Gasteiger partial charge in [-0.15, -0.1) is 0 Å². The summed E-state index contributed by atoms with van der Waals surface area (Å²) in [6.45, 7) is 9.54. The molecule has 96 valence electrons. The number of aliphatic hydroxyl groups excluding tert-OH is 1. The van der Waals surface area contributed by atoms with Crippen molar-refractivity contribution < 1.29 is 5.11 Å². The zero-order chi connectivity index (χ0) is 13.0. The van der Waals surface area contributed by atoms with E-state index in [0.717, 1.165) is 18.4 Å². The standard InChI is InChI=1S/C15H20N2O/c1-15(9-6-10-15)14(16-2)17-13(11-18)12-7-4-3-5-8-12/h3-5,7-8,13-14,17-18H,6,9-11H2,1H3/t13-,14?/m0/s1. The van der Waals surface area contributed by atoms with Gasteiger partial charge in [-0.05, 0) is 18.4 Å². The average Bonchev–Trinajstić information content (AvgIpc) is 2.38. The van der Waals surface area contributed by atoms with Gasteiger partial charge < -0.3 is 5.11 Å². The van der Waals surface area contributed by atoms with E-state index in [1.807, 2.05) is 30.3 Å². The number of benzene rings is 1. The fraction of sp³-hybridized carbons (Fsp3) is 0.533. The maximum Gasteiger partial charge on any atom is 0.283 e. The summed E-state index contributed by atoms with van der Waals surface area (Å²) < 4.78 is 0. The summed E-state index contributed by atoms with van der Waals surface area (Å²) in [5.41, 5.74) is 1.11. The van der Waals surface area contributed by atoms with Crippen molar-refractivity contribution in [1.29, 1.82) is 0 Å². The topological polar surface area (TPSA) is 36.6 Å². The Morgan fingerprint density at radius 3 is 2.50 bits per heavy atom. The first kappa shape index (κ1) is 13.1. The van der Waals surface area contributed by atoms with Gasteiger partial charge in [-0.25, -0.2) is 11.9 Å². The molecule has 0 heterocycles. The van der Waals surface area contributed by atoms with Crippen molar-refractivity contribution in [1.82, 2.24) is 5.32 Å². The molecule has 2 atom stereocenters. The van der Waals surface area contributed by atoms with Crippen LogP contribution in [0.3, 0.4) is 0 Å². The largest absolute Gasteiger partial charge is 0.394 e. The van der Waals surface area contributed by atoms with Gasteiger partial charge in [0.15, 0.2) is 0 Å². The lowest BCUT2D eigenvalue weighted by atomic mass is 9.68. The third-order valence-electron chi connectivity index (χ3n) is 4.03. The second-order valence-corrected chi connectivity index (χ2v) is 5.35. The molecule has 0 saturated heterocycles. The van der Waals surface area contributed by atoms with Crippen LogP contribution in [0.1, 0.15) is 37.8 Å². The molecule has 1 unspecified atom stereocenters. The Bertz CT molecular complexity index is 420. The molecule has 0 bridgehead atoms. The summed E-state index contributed by atoms with van der Waals surface area (Å²) >= 11 is 0. The number of rotatable bonds is 5. The van der Waals surface area contributed by atoms with Gasteiger partial charge in [0.1, 0.15) is 0 Å². The van der Waals surface area contributed by atoms with E-state index in [-0.39, 0.29) is 24.2 Å². The second kappa shape index (κ2) is 5.51.